The molecule has 2 N–H and O–H groups in total. The molecule has 96 valence electrons. The van der Waals surface area contributed by atoms with Crippen LogP contribution in [0.5, 0.6) is 0 Å². The Balaban J connectivity index is 1.90. The van der Waals surface area contributed by atoms with E-state index < -0.39 is 17.9 Å². The van der Waals surface area contributed by atoms with E-state index in [9.17, 15) is 9.59 Å². The van der Waals surface area contributed by atoms with Crippen molar-refractivity contribution in [3.05, 3.63) is 30.1 Å². The molecule has 18 heavy (non-hydrogen) atoms. The van der Waals surface area contributed by atoms with Crippen LogP contribution in [0.1, 0.15) is 5.69 Å². The van der Waals surface area contributed by atoms with E-state index in [0.29, 0.717) is 5.69 Å². The monoisotopic (exact) mass is 250 g/mol. The van der Waals surface area contributed by atoms with E-state index in [1.807, 2.05) is 0 Å². The molecular weight excluding hydrogens is 236 g/mol. The fraction of sp³-hybridized carbons (Fsp3) is 0.417. The Labute approximate surface area is 104 Å². The molecule has 0 radical (unpaired) electrons. The lowest BCUT2D eigenvalue weighted by Crippen LogP contribution is -2.43. The smallest absolute Gasteiger partial charge is 0.311 e. The molecule has 1 aliphatic rings. The van der Waals surface area contributed by atoms with Crippen molar-refractivity contribution >= 4 is 11.9 Å². The number of hydrogen-bond donors (Lipinski definition) is 2. The lowest BCUT2D eigenvalue weighted by Gasteiger charge is -2.15. The lowest BCUT2D eigenvalue weighted by molar-refractivity contribution is -0.142. The number of carbonyl (C=O) groups excluding carboxylic acids is 1. The molecule has 0 aromatic carbocycles. The molecule has 2 rings (SSSR count). The third-order valence-corrected chi connectivity index (χ3v) is 2.81. The van der Waals surface area contributed by atoms with Gasteiger partial charge in [0.15, 0.2) is 0 Å². The first kappa shape index (κ1) is 12.5. The Morgan fingerprint density at radius 3 is 2.94 bits per heavy atom. The summed E-state index contributed by atoms with van der Waals surface area (Å²) in [5.41, 5.74) is 0.654. The minimum Gasteiger partial charge on any atom is -0.481 e. The molecule has 0 aliphatic carbocycles. The summed E-state index contributed by atoms with van der Waals surface area (Å²) in [6.45, 7) is 0.384. The van der Waals surface area contributed by atoms with Crippen LogP contribution in [0.15, 0.2) is 24.4 Å². The van der Waals surface area contributed by atoms with Crippen molar-refractivity contribution in [1.82, 2.24) is 10.3 Å². The van der Waals surface area contributed by atoms with Crippen LogP contribution >= 0.6 is 0 Å². The summed E-state index contributed by atoms with van der Waals surface area (Å²) in [4.78, 5) is 26.7. The predicted molar refractivity (Wildman–Crippen MR) is 61.8 cm³/mol. The van der Waals surface area contributed by atoms with Crippen LogP contribution < -0.4 is 5.32 Å². The number of nitrogens with one attached hydrogen (secondary N) is 1. The van der Waals surface area contributed by atoms with Gasteiger partial charge in [-0.2, -0.15) is 0 Å². The summed E-state index contributed by atoms with van der Waals surface area (Å²) < 4.78 is 5.07. The van der Waals surface area contributed by atoms with E-state index in [1.54, 1.807) is 24.4 Å². The van der Waals surface area contributed by atoms with Gasteiger partial charge in [0, 0.05) is 11.9 Å². The van der Waals surface area contributed by atoms with Crippen LogP contribution in [0.25, 0.3) is 0 Å². The maximum absolute atomic E-state index is 11.7. The van der Waals surface area contributed by atoms with Gasteiger partial charge in [-0.25, -0.2) is 0 Å². The zero-order valence-electron chi connectivity index (χ0n) is 9.70. The van der Waals surface area contributed by atoms with Gasteiger partial charge in [0.25, 0.3) is 0 Å². The van der Waals surface area contributed by atoms with Crippen molar-refractivity contribution in [3.63, 3.8) is 0 Å². The lowest BCUT2D eigenvalue weighted by atomic mass is 10.0. The zero-order chi connectivity index (χ0) is 13.0. The minimum absolute atomic E-state index is 0.143. The molecule has 6 heteroatoms. The van der Waals surface area contributed by atoms with Gasteiger partial charge in [-0.1, -0.05) is 6.07 Å². The molecule has 1 saturated heterocycles. The largest absolute Gasteiger partial charge is 0.481 e. The number of amides is 1. The van der Waals surface area contributed by atoms with Gasteiger partial charge in [0.05, 0.1) is 25.7 Å². The molecule has 6 nitrogen and oxygen atoms in total. The van der Waals surface area contributed by atoms with E-state index >= 15 is 0 Å². The SMILES string of the molecule is O=C(Cc1ccccn1)NC1COCC1C(=O)O. The van der Waals surface area contributed by atoms with Crippen molar-refractivity contribution in [2.75, 3.05) is 13.2 Å². The Hall–Kier alpha value is -1.95. The second kappa shape index (κ2) is 5.59. The van der Waals surface area contributed by atoms with Crippen molar-refractivity contribution in [3.8, 4) is 0 Å². The van der Waals surface area contributed by atoms with E-state index in [1.165, 1.54) is 0 Å². The Morgan fingerprint density at radius 1 is 1.44 bits per heavy atom. The quantitative estimate of drug-likeness (QED) is 0.775. The second-order valence-corrected chi connectivity index (χ2v) is 4.15. The third kappa shape index (κ3) is 3.04. The van der Waals surface area contributed by atoms with Crippen LogP contribution in [-0.2, 0) is 20.7 Å². The van der Waals surface area contributed by atoms with E-state index in [0.717, 1.165) is 0 Å². The number of nitrogens with zero attached hydrogens (tertiary/aromatic N) is 1. The molecular formula is C12H14N2O4. The molecule has 2 heterocycles. The van der Waals surface area contributed by atoms with Crippen LogP contribution in [-0.4, -0.2) is 41.2 Å². The molecule has 0 saturated carbocycles. The maximum atomic E-state index is 11.7. The number of carboxylic acid groups (broad SMARTS) is 1. The predicted octanol–water partition coefficient (Wildman–Crippen LogP) is -0.160. The van der Waals surface area contributed by atoms with Gasteiger partial charge in [-0.05, 0) is 12.1 Å². The van der Waals surface area contributed by atoms with Gasteiger partial charge in [0.2, 0.25) is 5.91 Å². The van der Waals surface area contributed by atoms with Crippen molar-refractivity contribution in [2.24, 2.45) is 5.92 Å². The van der Waals surface area contributed by atoms with Gasteiger partial charge >= 0.3 is 5.97 Å². The van der Waals surface area contributed by atoms with Crippen molar-refractivity contribution in [2.45, 2.75) is 12.5 Å². The molecule has 1 aromatic rings. The van der Waals surface area contributed by atoms with Crippen molar-refractivity contribution < 1.29 is 19.4 Å². The molecule has 2 atom stereocenters. The molecule has 1 aliphatic heterocycles. The van der Waals surface area contributed by atoms with E-state index in [2.05, 4.69) is 10.3 Å². The number of aliphatic carboxylic acids is 1. The highest BCUT2D eigenvalue weighted by Gasteiger charge is 2.34. The molecule has 0 spiro atoms. The standard InChI is InChI=1S/C12H14N2O4/c15-11(5-8-3-1-2-4-13-8)14-10-7-18-6-9(10)12(16)17/h1-4,9-10H,5-7H2,(H,14,15)(H,16,17). The minimum atomic E-state index is -0.948. The first-order chi connectivity index (χ1) is 8.66. The Bertz CT molecular complexity index is 435. The number of rotatable bonds is 4. The summed E-state index contributed by atoms with van der Waals surface area (Å²) in [7, 11) is 0. The van der Waals surface area contributed by atoms with Gasteiger partial charge in [-0.3, -0.25) is 14.6 Å². The average Bonchev–Trinajstić information content (AvgIpc) is 2.78. The summed E-state index contributed by atoms with van der Waals surface area (Å²) in [6, 6.07) is 4.86. The maximum Gasteiger partial charge on any atom is 0.311 e. The highest BCUT2D eigenvalue weighted by atomic mass is 16.5. The highest BCUT2D eigenvalue weighted by molar-refractivity contribution is 5.80. The third-order valence-electron chi connectivity index (χ3n) is 2.81. The molecule has 0 bridgehead atoms. The second-order valence-electron chi connectivity index (χ2n) is 4.15. The first-order valence-corrected chi connectivity index (χ1v) is 5.66. The fourth-order valence-corrected chi connectivity index (χ4v) is 1.86. The number of aromatic nitrogens is 1. The number of carboxylic acids is 1. The highest BCUT2D eigenvalue weighted by Crippen LogP contribution is 2.13. The normalized spacial score (nSPS) is 22.7. The summed E-state index contributed by atoms with van der Waals surface area (Å²) in [5, 5.41) is 11.6. The fourth-order valence-electron chi connectivity index (χ4n) is 1.86. The number of hydrogen-bond acceptors (Lipinski definition) is 4. The molecule has 1 amide bonds. The van der Waals surface area contributed by atoms with Crippen LogP contribution in [0.2, 0.25) is 0 Å². The first-order valence-electron chi connectivity index (χ1n) is 5.66. The average molecular weight is 250 g/mol. The number of ether oxygens (including phenoxy) is 1. The van der Waals surface area contributed by atoms with E-state index in [4.69, 9.17) is 9.84 Å². The molecule has 1 aromatic heterocycles. The van der Waals surface area contributed by atoms with E-state index in [-0.39, 0.29) is 25.5 Å². The zero-order valence-corrected chi connectivity index (χ0v) is 9.70. The topological polar surface area (TPSA) is 88.5 Å². The number of pyridine rings is 1. The Kier molecular flexibility index (Phi) is 3.88. The summed E-state index contributed by atoms with van der Waals surface area (Å²) in [5.74, 6) is -1.86. The summed E-state index contributed by atoms with van der Waals surface area (Å²) >= 11 is 0. The van der Waals surface area contributed by atoms with Gasteiger partial charge < -0.3 is 15.2 Å². The van der Waals surface area contributed by atoms with Gasteiger partial charge in [-0.15, -0.1) is 0 Å². The van der Waals surface area contributed by atoms with Crippen LogP contribution in [0.4, 0.5) is 0 Å². The summed E-state index contributed by atoms with van der Waals surface area (Å²) in [6.07, 6.45) is 1.75. The van der Waals surface area contributed by atoms with Crippen LogP contribution in [0.3, 0.4) is 0 Å². The molecule has 2 unspecified atom stereocenters. The van der Waals surface area contributed by atoms with Crippen molar-refractivity contribution in [1.29, 1.82) is 0 Å². The van der Waals surface area contributed by atoms with Crippen LogP contribution in [0, 0.1) is 5.92 Å². The van der Waals surface area contributed by atoms with Gasteiger partial charge in [0.1, 0.15) is 5.92 Å². The molecule has 1 fully saturated rings. The Morgan fingerprint density at radius 2 is 2.28 bits per heavy atom. The number of carbonyl (C=O) groups is 2.